The molecule has 2 aliphatic rings. The van der Waals surface area contributed by atoms with Gasteiger partial charge in [0.05, 0.1) is 6.04 Å². The number of hydrogen-bond donors (Lipinski definition) is 1. The van der Waals surface area contributed by atoms with E-state index >= 15 is 0 Å². The van der Waals surface area contributed by atoms with E-state index in [1.54, 1.807) is 11.1 Å². The van der Waals surface area contributed by atoms with Gasteiger partial charge in [0, 0.05) is 30.5 Å². The largest absolute Gasteiger partial charge is 0.341 e. The van der Waals surface area contributed by atoms with Gasteiger partial charge in [0.25, 0.3) is 0 Å². The molecule has 3 rings (SSSR count). The van der Waals surface area contributed by atoms with Crippen LogP contribution in [0.1, 0.15) is 58.9 Å². The van der Waals surface area contributed by atoms with E-state index in [9.17, 15) is 9.59 Å². The van der Waals surface area contributed by atoms with E-state index in [4.69, 9.17) is 0 Å². The molecular formula is C27H38N4O2. The fraction of sp³-hybridized carbons (Fsp3) is 0.519. The molecule has 0 spiro atoms. The van der Waals surface area contributed by atoms with Crippen LogP contribution >= 0.6 is 0 Å². The van der Waals surface area contributed by atoms with Crippen molar-refractivity contribution in [1.29, 1.82) is 0 Å². The Balaban J connectivity index is 2.13. The van der Waals surface area contributed by atoms with Gasteiger partial charge in [0.1, 0.15) is 6.04 Å². The van der Waals surface area contributed by atoms with Crippen LogP contribution in [-0.2, 0) is 15.0 Å². The van der Waals surface area contributed by atoms with E-state index in [1.807, 2.05) is 36.1 Å². The number of nitrogens with zero attached hydrogens (tertiary/aromatic N) is 3. The maximum absolute atomic E-state index is 13.9. The highest BCUT2D eigenvalue weighted by Crippen LogP contribution is 2.30. The summed E-state index contributed by atoms with van der Waals surface area (Å²) >= 11 is 0. The third-order valence-corrected chi connectivity index (χ3v) is 6.43. The summed E-state index contributed by atoms with van der Waals surface area (Å²) in [6.07, 6.45) is 9.02. The molecule has 2 aliphatic heterocycles. The van der Waals surface area contributed by atoms with Crippen LogP contribution in [0.25, 0.3) is 0 Å². The summed E-state index contributed by atoms with van der Waals surface area (Å²) in [5, 5.41) is 3.32. The van der Waals surface area contributed by atoms with Crippen molar-refractivity contribution in [1.82, 2.24) is 10.2 Å². The van der Waals surface area contributed by atoms with Crippen LogP contribution in [0, 0.1) is 0 Å². The standard InChI is InChI=1S/C27H38N4O2/c1-6-10-20(19-28-5)24(26(33)30-17-7-8-18-30)31(25(32)23-11-9-16-29-23)22-14-12-21(13-15-22)27(2,3)4/h6,10,12-15,19,23-24,29H,5,7-9,11,16-18H2,1-4H3/b10-6-,20-19+/t23-,24?/m1/s1. The molecule has 0 radical (unpaired) electrons. The Bertz CT molecular complexity index is 899. The molecule has 2 fully saturated rings. The number of amides is 2. The van der Waals surface area contributed by atoms with Crippen LogP contribution < -0.4 is 10.2 Å². The summed E-state index contributed by atoms with van der Waals surface area (Å²) in [5.41, 5.74) is 2.56. The second kappa shape index (κ2) is 10.9. The SMILES string of the molecule is C=N/C=C(\C=C/C)C(C(=O)N1CCCC1)N(C(=O)[C@H]1CCCN1)c1ccc(C(C)(C)C)cc1. The number of benzene rings is 1. The summed E-state index contributed by atoms with van der Waals surface area (Å²) in [5.74, 6) is -0.139. The molecule has 1 aromatic carbocycles. The van der Waals surface area contributed by atoms with Crippen LogP contribution in [0.3, 0.4) is 0 Å². The lowest BCUT2D eigenvalue weighted by Gasteiger charge is -2.36. The van der Waals surface area contributed by atoms with E-state index in [1.165, 1.54) is 5.56 Å². The van der Waals surface area contributed by atoms with Gasteiger partial charge in [-0.3, -0.25) is 19.5 Å². The molecule has 0 aromatic heterocycles. The average Bonchev–Trinajstić information content (AvgIpc) is 3.51. The van der Waals surface area contributed by atoms with Crippen LogP contribution in [-0.4, -0.2) is 55.1 Å². The molecule has 0 saturated carbocycles. The molecule has 2 amide bonds. The van der Waals surface area contributed by atoms with E-state index in [2.05, 4.69) is 49.9 Å². The number of allylic oxidation sites excluding steroid dienone is 1. The summed E-state index contributed by atoms with van der Waals surface area (Å²) in [6, 6.07) is 6.95. The number of anilines is 1. The number of carbonyl (C=O) groups excluding carboxylic acids is 2. The van der Waals surface area contributed by atoms with Crippen molar-refractivity contribution in [3.05, 3.63) is 53.8 Å². The number of carbonyl (C=O) groups is 2. The van der Waals surface area contributed by atoms with E-state index in [0.717, 1.165) is 37.9 Å². The number of likely N-dealkylation sites (tertiary alicyclic amines) is 1. The molecular weight excluding hydrogens is 412 g/mol. The molecule has 6 heteroatoms. The molecule has 2 atom stereocenters. The fourth-order valence-electron chi connectivity index (χ4n) is 4.60. The van der Waals surface area contributed by atoms with Crippen molar-refractivity contribution in [3.8, 4) is 0 Å². The van der Waals surface area contributed by atoms with Crippen molar-refractivity contribution in [2.24, 2.45) is 4.99 Å². The summed E-state index contributed by atoms with van der Waals surface area (Å²) in [7, 11) is 0. The molecule has 1 unspecified atom stereocenters. The monoisotopic (exact) mass is 450 g/mol. The molecule has 178 valence electrons. The normalized spacial score (nSPS) is 20.3. The molecule has 6 nitrogen and oxygen atoms in total. The Morgan fingerprint density at radius 2 is 1.85 bits per heavy atom. The number of hydrogen-bond acceptors (Lipinski definition) is 4. The predicted molar refractivity (Wildman–Crippen MR) is 136 cm³/mol. The summed E-state index contributed by atoms with van der Waals surface area (Å²) in [6.45, 7) is 14.2. The fourth-order valence-corrected chi connectivity index (χ4v) is 4.60. The van der Waals surface area contributed by atoms with Gasteiger partial charge in [-0.15, -0.1) is 0 Å². The minimum atomic E-state index is -0.791. The van der Waals surface area contributed by atoms with Gasteiger partial charge in [-0.1, -0.05) is 45.1 Å². The third-order valence-electron chi connectivity index (χ3n) is 6.43. The first-order valence-electron chi connectivity index (χ1n) is 12.0. The van der Waals surface area contributed by atoms with Gasteiger partial charge in [0.2, 0.25) is 11.8 Å². The Morgan fingerprint density at radius 3 is 2.36 bits per heavy atom. The first kappa shape index (κ1) is 24.9. The van der Waals surface area contributed by atoms with E-state index in [0.29, 0.717) is 18.7 Å². The summed E-state index contributed by atoms with van der Waals surface area (Å²) in [4.78, 5) is 35.3. The van der Waals surface area contributed by atoms with Gasteiger partial charge >= 0.3 is 0 Å². The van der Waals surface area contributed by atoms with Crippen LogP contribution in [0.5, 0.6) is 0 Å². The Kier molecular flexibility index (Phi) is 8.25. The van der Waals surface area contributed by atoms with Crippen molar-refractivity contribution in [3.63, 3.8) is 0 Å². The first-order valence-corrected chi connectivity index (χ1v) is 12.0. The third kappa shape index (κ3) is 5.80. The molecule has 1 N–H and O–H groups in total. The van der Waals surface area contributed by atoms with Crippen LogP contribution in [0.2, 0.25) is 0 Å². The summed E-state index contributed by atoms with van der Waals surface area (Å²) < 4.78 is 0. The topological polar surface area (TPSA) is 65.0 Å². The smallest absolute Gasteiger partial charge is 0.250 e. The highest BCUT2D eigenvalue weighted by Gasteiger charge is 2.40. The maximum atomic E-state index is 13.9. The van der Waals surface area contributed by atoms with Gasteiger partial charge in [-0.25, -0.2) is 0 Å². The Morgan fingerprint density at radius 1 is 1.18 bits per heavy atom. The highest BCUT2D eigenvalue weighted by molar-refractivity contribution is 6.05. The van der Waals surface area contributed by atoms with Gasteiger partial charge in [0.15, 0.2) is 0 Å². The molecule has 33 heavy (non-hydrogen) atoms. The lowest BCUT2D eigenvalue weighted by Crippen LogP contribution is -2.55. The molecule has 0 aliphatic carbocycles. The average molecular weight is 451 g/mol. The van der Waals surface area contributed by atoms with Gasteiger partial charge in [-0.05, 0) is 69.0 Å². The zero-order valence-electron chi connectivity index (χ0n) is 20.5. The van der Waals surface area contributed by atoms with Crippen LogP contribution in [0.15, 0.2) is 53.2 Å². The van der Waals surface area contributed by atoms with E-state index < -0.39 is 6.04 Å². The van der Waals surface area contributed by atoms with Crippen molar-refractivity contribution in [2.45, 2.75) is 70.9 Å². The lowest BCUT2D eigenvalue weighted by atomic mass is 9.87. The molecule has 1 aromatic rings. The molecule has 2 saturated heterocycles. The number of aliphatic imine (C=N–C) groups is 1. The molecule has 2 heterocycles. The second-order valence-electron chi connectivity index (χ2n) is 9.90. The lowest BCUT2D eigenvalue weighted by molar-refractivity contribution is -0.133. The molecule has 0 bridgehead atoms. The van der Waals surface area contributed by atoms with Crippen molar-refractivity contribution >= 4 is 24.2 Å². The minimum Gasteiger partial charge on any atom is -0.341 e. The Hall–Kier alpha value is -2.73. The predicted octanol–water partition coefficient (Wildman–Crippen LogP) is 4.22. The highest BCUT2D eigenvalue weighted by atomic mass is 16.2. The second-order valence-corrected chi connectivity index (χ2v) is 9.90. The van der Waals surface area contributed by atoms with E-state index in [-0.39, 0.29) is 23.3 Å². The number of rotatable bonds is 7. The number of nitrogens with one attached hydrogen (secondary N) is 1. The minimum absolute atomic E-state index is 0.00603. The van der Waals surface area contributed by atoms with Crippen molar-refractivity contribution in [2.75, 3.05) is 24.5 Å². The quantitative estimate of drug-likeness (QED) is 0.500. The zero-order chi connectivity index (χ0) is 24.0. The maximum Gasteiger partial charge on any atom is 0.250 e. The van der Waals surface area contributed by atoms with Gasteiger partial charge < -0.3 is 10.2 Å². The Labute approximate surface area is 198 Å². The zero-order valence-corrected chi connectivity index (χ0v) is 20.5. The van der Waals surface area contributed by atoms with Gasteiger partial charge in [-0.2, -0.15) is 0 Å². The first-order chi connectivity index (χ1) is 15.8. The van der Waals surface area contributed by atoms with Crippen molar-refractivity contribution < 1.29 is 9.59 Å². The van der Waals surface area contributed by atoms with Crippen LogP contribution in [0.4, 0.5) is 5.69 Å².